The molecule has 0 aliphatic heterocycles. The summed E-state index contributed by atoms with van der Waals surface area (Å²) in [6.07, 6.45) is 0.438. The monoisotopic (exact) mass is 221 g/mol. The summed E-state index contributed by atoms with van der Waals surface area (Å²) in [4.78, 5) is 10.9. The SMILES string of the molecule is Cc1ccccc1C(C)CC(C)(N)C(=O)O. The molecule has 2 unspecified atom stereocenters. The van der Waals surface area contributed by atoms with Gasteiger partial charge in [-0.25, -0.2) is 0 Å². The molecule has 0 fully saturated rings. The minimum absolute atomic E-state index is 0.146. The van der Waals surface area contributed by atoms with Crippen molar-refractivity contribution in [2.45, 2.75) is 38.6 Å². The molecule has 16 heavy (non-hydrogen) atoms. The zero-order valence-electron chi connectivity index (χ0n) is 10.0. The number of carboxylic acid groups (broad SMARTS) is 1. The lowest BCUT2D eigenvalue weighted by molar-refractivity contribution is -0.143. The second-order valence-electron chi connectivity index (χ2n) is 4.68. The van der Waals surface area contributed by atoms with E-state index in [9.17, 15) is 4.79 Å². The number of nitrogens with two attached hydrogens (primary N) is 1. The Kier molecular flexibility index (Phi) is 3.70. The highest BCUT2D eigenvalue weighted by Gasteiger charge is 2.30. The maximum atomic E-state index is 10.9. The number of aryl methyl sites for hydroxylation is 1. The third-order valence-electron chi connectivity index (χ3n) is 2.94. The number of benzene rings is 1. The third-order valence-corrected chi connectivity index (χ3v) is 2.94. The van der Waals surface area contributed by atoms with Crippen LogP contribution in [0.5, 0.6) is 0 Å². The molecule has 2 atom stereocenters. The van der Waals surface area contributed by atoms with E-state index in [4.69, 9.17) is 10.8 Å². The van der Waals surface area contributed by atoms with Crippen molar-refractivity contribution < 1.29 is 9.90 Å². The summed E-state index contributed by atoms with van der Waals surface area (Å²) >= 11 is 0. The van der Waals surface area contributed by atoms with Crippen LogP contribution in [-0.2, 0) is 4.79 Å². The van der Waals surface area contributed by atoms with Crippen molar-refractivity contribution in [3.63, 3.8) is 0 Å². The van der Waals surface area contributed by atoms with Crippen LogP contribution in [0.4, 0.5) is 0 Å². The number of aliphatic carboxylic acids is 1. The highest BCUT2D eigenvalue weighted by atomic mass is 16.4. The first kappa shape index (κ1) is 12.7. The van der Waals surface area contributed by atoms with Crippen molar-refractivity contribution in [1.82, 2.24) is 0 Å². The minimum atomic E-state index is -1.16. The molecule has 0 spiro atoms. The fourth-order valence-electron chi connectivity index (χ4n) is 1.97. The molecule has 0 aliphatic rings. The molecule has 0 aliphatic carbocycles. The Bertz CT molecular complexity index is 385. The van der Waals surface area contributed by atoms with E-state index >= 15 is 0 Å². The summed E-state index contributed by atoms with van der Waals surface area (Å²) in [5, 5.41) is 8.98. The summed E-state index contributed by atoms with van der Waals surface area (Å²) in [6, 6.07) is 8.00. The normalized spacial score (nSPS) is 16.5. The molecule has 0 bridgehead atoms. The maximum Gasteiger partial charge on any atom is 0.323 e. The van der Waals surface area contributed by atoms with Gasteiger partial charge in [0, 0.05) is 0 Å². The maximum absolute atomic E-state index is 10.9. The van der Waals surface area contributed by atoms with Gasteiger partial charge in [-0.1, -0.05) is 31.2 Å². The number of hydrogen-bond donors (Lipinski definition) is 2. The first-order valence-electron chi connectivity index (χ1n) is 5.42. The molecule has 88 valence electrons. The van der Waals surface area contributed by atoms with Gasteiger partial charge in [0.05, 0.1) is 0 Å². The first-order valence-corrected chi connectivity index (χ1v) is 5.42. The second kappa shape index (κ2) is 4.66. The van der Waals surface area contributed by atoms with Gasteiger partial charge in [-0.3, -0.25) is 4.79 Å². The molecular formula is C13H19NO2. The largest absolute Gasteiger partial charge is 0.480 e. The zero-order chi connectivity index (χ0) is 12.3. The minimum Gasteiger partial charge on any atom is -0.480 e. The summed E-state index contributed by atoms with van der Waals surface area (Å²) < 4.78 is 0. The highest BCUT2D eigenvalue weighted by molar-refractivity contribution is 5.77. The van der Waals surface area contributed by atoms with Crippen LogP contribution >= 0.6 is 0 Å². The van der Waals surface area contributed by atoms with E-state index in [2.05, 4.69) is 0 Å². The smallest absolute Gasteiger partial charge is 0.323 e. The zero-order valence-corrected chi connectivity index (χ0v) is 10.0. The quantitative estimate of drug-likeness (QED) is 0.820. The Labute approximate surface area is 96.3 Å². The van der Waals surface area contributed by atoms with Gasteiger partial charge in [0.25, 0.3) is 0 Å². The van der Waals surface area contributed by atoms with E-state index in [1.54, 1.807) is 6.92 Å². The van der Waals surface area contributed by atoms with Crippen molar-refractivity contribution in [1.29, 1.82) is 0 Å². The summed E-state index contributed by atoms with van der Waals surface area (Å²) in [5.41, 5.74) is 6.93. The topological polar surface area (TPSA) is 63.3 Å². The molecule has 0 aromatic heterocycles. The predicted molar refractivity (Wildman–Crippen MR) is 64.4 cm³/mol. The van der Waals surface area contributed by atoms with E-state index in [0.29, 0.717) is 6.42 Å². The van der Waals surface area contributed by atoms with E-state index < -0.39 is 11.5 Å². The average molecular weight is 221 g/mol. The molecule has 3 N–H and O–H groups in total. The van der Waals surface area contributed by atoms with Gasteiger partial charge in [0.15, 0.2) is 0 Å². The molecule has 0 saturated heterocycles. The lowest BCUT2D eigenvalue weighted by Gasteiger charge is -2.24. The lowest BCUT2D eigenvalue weighted by Crippen LogP contribution is -2.45. The molecular weight excluding hydrogens is 202 g/mol. The van der Waals surface area contributed by atoms with E-state index in [0.717, 1.165) is 0 Å². The molecule has 0 amide bonds. The Morgan fingerprint density at radius 2 is 2.06 bits per heavy atom. The Balaban J connectivity index is 2.85. The fourth-order valence-corrected chi connectivity index (χ4v) is 1.97. The average Bonchev–Trinajstić information content (AvgIpc) is 2.17. The van der Waals surface area contributed by atoms with E-state index in [1.807, 2.05) is 38.1 Å². The van der Waals surface area contributed by atoms with Gasteiger partial charge >= 0.3 is 5.97 Å². The molecule has 0 radical (unpaired) electrons. The molecule has 1 aromatic carbocycles. The molecule has 0 saturated carbocycles. The summed E-state index contributed by atoms with van der Waals surface area (Å²) in [7, 11) is 0. The number of rotatable bonds is 4. The van der Waals surface area contributed by atoms with E-state index in [-0.39, 0.29) is 5.92 Å². The Hall–Kier alpha value is -1.35. The van der Waals surface area contributed by atoms with E-state index in [1.165, 1.54) is 11.1 Å². The molecule has 3 heteroatoms. The van der Waals surface area contributed by atoms with Crippen LogP contribution in [0.15, 0.2) is 24.3 Å². The molecule has 1 aromatic rings. The predicted octanol–water partition coefficient (Wildman–Crippen LogP) is 2.29. The van der Waals surface area contributed by atoms with Gasteiger partial charge in [0.2, 0.25) is 0 Å². The van der Waals surface area contributed by atoms with Crippen molar-refractivity contribution in [3.8, 4) is 0 Å². The van der Waals surface area contributed by atoms with Gasteiger partial charge in [-0.05, 0) is 37.3 Å². The van der Waals surface area contributed by atoms with Crippen LogP contribution < -0.4 is 5.73 Å². The van der Waals surface area contributed by atoms with Crippen LogP contribution in [0.25, 0.3) is 0 Å². The number of carboxylic acids is 1. The van der Waals surface area contributed by atoms with Crippen LogP contribution in [-0.4, -0.2) is 16.6 Å². The van der Waals surface area contributed by atoms with Gasteiger partial charge in [0.1, 0.15) is 5.54 Å². The molecule has 0 heterocycles. The van der Waals surface area contributed by atoms with Crippen molar-refractivity contribution in [2.24, 2.45) is 5.73 Å². The van der Waals surface area contributed by atoms with Crippen LogP contribution in [0.3, 0.4) is 0 Å². The van der Waals surface area contributed by atoms with Gasteiger partial charge in [-0.2, -0.15) is 0 Å². The third kappa shape index (κ3) is 2.83. The van der Waals surface area contributed by atoms with Gasteiger partial charge < -0.3 is 10.8 Å². The van der Waals surface area contributed by atoms with Crippen molar-refractivity contribution >= 4 is 5.97 Å². The lowest BCUT2D eigenvalue weighted by atomic mass is 9.85. The first-order chi connectivity index (χ1) is 7.34. The number of hydrogen-bond acceptors (Lipinski definition) is 2. The van der Waals surface area contributed by atoms with Crippen LogP contribution in [0, 0.1) is 6.92 Å². The molecule has 3 nitrogen and oxygen atoms in total. The van der Waals surface area contributed by atoms with Crippen LogP contribution in [0.1, 0.15) is 37.3 Å². The van der Waals surface area contributed by atoms with Crippen LogP contribution in [0.2, 0.25) is 0 Å². The van der Waals surface area contributed by atoms with Crippen molar-refractivity contribution in [2.75, 3.05) is 0 Å². The Morgan fingerprint density at radius 3 is 2.56 bits per heavy atom. The number of carbonyl (C=O) groups is 1. The summed E-state index contributed by atoms with van der Waals surface area (Å²) in [6.45, 7) is 5.60. The summed E-state index contributed by atoms with van der Waals surface area (Å²) in [5.74, 6) is -0.805. The van der Waals surface area contributed by atoms with Crippen molar-refractivity contribution in [3.05, 3.63) is 35.4 Å². The fraction of sp³-hybridized carbons (Fsp3) is 0.462. The standard InChI is InChI=1S/C13H19NO2/c1-9-6-4-5-7-11(9)10(2)8-13(3,14)12(15)16/h4-7,10H,8,14H2,1-3H3,(H,15,16). The Morgan fingerprint density at radius 1 is 1.50 bits per heavy atom. The molecule has 1 rings (SSSR count). The van der Waals surface area contributed by atoms with Gasteiger partial charge in [-0.15, -0.1) is 0 Å². The highest BCUT2D eigenvalue weighted by Crippen LogP contribution is 2.26. The second-order valence-corrected chi connectivity index (χ2v) is 4.68.